The van der Waals surface area contributed by atoms with Crippen molar-refractivity contribution in [2.75, 3.05) is 0 Å². The fourth-order valence-corrected chi connectivity index (χ4v) is 2.73. The molecule has 0 fully saturated rings. The highest BCUT2D eigenvalue weighted by Gasteiger charge is 2.15. The lowest BCUT2D eigenvalue weighted by Gasteiger charge is -1.99. The number of rotatable bonds is 2. The first-order valence-electron chi connectivity index (χ1n) is 7.02. The summed E-state index contributed by atoms with van der Waals surface area (Å²) in [4.78, 5) is 21.1. The van der Waals surface area contributed by atoms with Crippen molar-refractivity contribution < 1.29 is 0 Å². The molecule has 0 saturated heterocycles. The molecular formula is C17H11ClN4O. The van der Waals surface area contributed by atoms with Gasteiger partial charge in [0, 0.05) is 17.8 Å². The molecule has 0 saturated carbocycles. The Bertz CT molecular complexity index is 1040. The van der Waals surface area contributed by atoms with Crippen LogP contribution in [0.2, 0.25) is 5.02 Å². The van der Waals surface area contributed by atoms with Crippen LogP contribution in [0.25, 0.3) is 28.3 Å². The van der Waals surface area contributed by atoms with Crippen molar-refractivity contribution in [1.29, 1.82) is 0 Å². The molecule has 0 aliphatic rings. The van der Waals surface area contributed by atoms with E-state index in [2.05, 4.69) is 15.1 Å². The number of benzene rings is 1. The Morgan fingerprint density at radius 1 is 1.00 bits per heavy atom. The summed E-state index contributed by atoms with van der Waals surface area (Å²) in [5.74, 6) is 0. The van der Waals surface area contributed by atoms with E-state index in [-0.39, 0.29) is 5.56 Å². The SMILES string of the molecule is O=c1cc(-c2ccccn2)nc2c(Cl)c(-c3ccccc3)[nH]n12. The molecule has 6 heteroatoms. The van der Waals surface area contributed by atoms with E-state index in [1.807, 2.05) is 42.5 Å². The van der Waals surface area contributed by atoms with E-state index in [1.54, 1.807) is 12.3 Å². The topological polar surface area (TPSA) is 63.0 Å². The number of H-pyrrole nitrogens is 1. The third-order valence-corrected chi connectivity index (χ3v) is 3.91. The molecule has 0 radical (unpaired) electrons. The number of halogens is 1. The molecule has 0 aliphatic carbocycles. The zero-order valence-corrected chi connectivity index (χ0v) is 12.7. The van der Waals surface area contributed by atoms with Gasteiger partial charge in [0.25, 0.3) is 5.56 Å². The van der Waals surface area contributed by atoms with Crippen LogP contribution in [-0.4, -0.2) is 19.6 Å². The highest BCUT2D eigenvalue weighted by atomic mass is 35.5. The van der Waals surface area contributed by atoms with E-state index in [9.17, 15) is 4.79 Å². The summed E-state index contributed by atoms with van der Waals surface area (Å²) in [5, 5.41) is 3.42. The van der Waals surface area contributed by atoms with Gasteiger partial charge in [-0.25, -0.2) is 4.98 Å². The van der Waals surface area contributed by atoms with E-state index < -0.39 is 0 Å². The van der Waals surface area contributed by atoms with Gasteiger partial charge in [0.1, 0.15) is 5.02 Å². The van der Waals surface area contributed by atoms with Crippen LogP contribution in [0.1, 0.15) is 0 Å². The number of fused-ring (bicyclic) bond motifs is 1. The fraction of sp³-hybridized carbons (Fsp3) is 0. The van der Waals surface area contributed by atoms with Gasteiger partial charge < -0.3 is 0 Å². The molecule has 0 unspecified atom stereocenters. The number of pyridine rings is 1. The Morgan fingerprint density at radius 3 is 2.52 bits per heavy atom. The van der Waals surface area contributed by atoms with Gasteiger partial charge in [-0.1, -0.05) is 48.0 Å². The first kappa shape index (κ1) is 13.7. The lowest BCUT2D eigenvalue weighted by Crippen LogP contribution is -2.14. The van der Waals surface area contributed by atoms with Crippen LogP contribution in [-0.2, 0) is 0 Å². The summed E-state index contributed by atoms with van der Waals surface area (Å²) >= 11 is 6.45. The second-order valence-corrected chi connectivity index (χ2v) is 5.40. The number of aromatic amines is 1. The van der Waals surface area contributed by atoms with Crippen LogP contribution in [0.5, 0.6) is 0 Å². The largest absolute Gasteiger partial charge is 0.287 e. The molecule has 5 nitrogen and oxygen atoms in total. The van der Waals surface area contributed by atoms with Crippen LogP contribution < -0.4 is 5.56 Å². The van der Waals surface area contributed by atoms with Crippen LogP contribution >= 0.6 is 11.6 Å². The molecule has 112 valence electrons. The van der Waals surface area contributed by atoms with E-state index in [0.29, 0.717) is 27.8 Å². The van der Waals surface area contributed by atoms with Crippen molar-refractivity contribution in [2.24, 2.45) is 0 Å². The summed E-state index contributed by atoms with van der Waals surface area (Å²) in [5.41, 5.74) is 2.83. The molecule has 4 aromatic rings. The summed E-state index contributed by atoms with van der Waals surface area (Å²) in [6, 6.07) is 16.5. The molecule has 3 aromatic heterocycles. The summed E-state index contributed by atoms with van der Waals surface area (Å²) in [6.45, 7) is 0. The van der Waals surface area contributed by atoms with Crippen molar-refractivity contribution in [1.82, 2.24) is 19.6 Å². The van der Waals surface area contributed by atoms with Gasteiger partial charge in [-0.15, -0.1) is 0 Å². The van der Waals surface area contributed by atoms with Crippen molar-refractivity contribution >= 4 is 17.2 Å². The second kappa shape index (κ2) is 5.37. The quantitative estimate of drug-likeness (QED) is 0.615. The van der Waals surface area contributed by atoms with Crippen LogP contribution in [0.4, 0.5) is 0 Å². The molecule has 4 rings (SSSR count). The standard InChI is InChI=1S/C17H11ClN4O/c18-15-16(11-6-2-1-3-7-11)21-22-14(23)10-13(20-17(15)22)12-8-4-5-9-19-12/h1-10,21H. The first-order valence-corrected chi connectivity index (χ1v) is 7.40. The minimum Gasteiger partial charge on any atom is -0.287 e. The minimum atomic E-state index is -0.236. The predicted octanol–water partition coefficient (Wildman–Crippen LogP) is 3.41. The summed E-state index contributed by atoms with van der Waals surface area (Å²) in [7, 11) is 0. The lowest BCUT2D eigenvalue weighted by molar-refractivity contribution is 0.903. The minimum absolute atomic E-state index is 0.236. The smallest absolute Gasteiger partial charge is 0.273 e. The van der Waals surface area contributed by atoms with Gasteiger partial charge in [0.2, 0.25) is 0 Å². The average Bonchev–Trinajstić information content (AvgIpc) is 2.94. The third-order valence-electron chi connectivity index (χ3n) is 3.55. The molecule has 3 heterocycles. The molecule has 0 bridgehead atoms. The number of hydrogen-bond donors (Lipinski definition) is 1. The van der Waals surface area contributed by atoms with Crippen LogP contribution in [0.3, 0.4) is 0 Å². The van der Waals surface area contributed by atoms with E-state index in [1.165, 1.54) is 10.6 Å². The maximum absolute atomic E-state index is 12.4. The van der Waals surface area contributed by atoms with E-state index >= 15 is 0 Å². The normalized spacial score (nSPS) is 11.0. The van der Waals surface area contributed by atoms with Crippen molar-refractivity contribution in [3.8, 4) is 22.6 Å². The van der Waals surface area contributed by atoms with Gasteiger partial charge in [0.15, 0.2) is 5.65 Å². The molecule has 23 heavy (non-hydrogen) atoms. The highest BCUT2D eigenvalue weighted by molar-refractivity contribution is 6.36. The Balaban J connectivity index is 1.97. The van der Waals surface area contributed by atoms with Gasteiger partial charge in [0.05, 0.1) is 17.1 Å². The van der Waals surface area contributed by atoms with E-state index in [4.69, 9.17) is 11.6 Å². The Labute approximate surface area is 136 Å². The number of nitrogens with zero attached hydrogens (tertiary/aromatic N) is 3. The Morgan fingerprint density at radius 2 is 1.78 bits per heavy atom. The van der Waals surface area contributed by atoms with Gasteiger partial charge in [-0.2, -0.15) is 4.52 Å². The first-order chi connectivity index (χ1) is 11.2. The second-order valence-electron chi connectivity index (χ2n) is 5.02. The fourth-order valence-electron chi connectivity index (χ4n) is 2.45. The lowest BCUT2D eigenvalue weighted by atomic mass is 10.1. The predicted molar refractivity (Wildman–Crippen MR) is 89.5 cm³/mol. The number of nitrogens with one attached hydrogen (secondary N) is 1. The molecule has 0 aliphatic heterocycles. The Kier molecular flexibility index (Phi) is 3.20. The molecular weight excluding hydrogens is 312 g/mol. The summed E-state index contributed by atoms with van der Waals surface area (Å²) < 4.78 is 1.34. The maximum Gasteiger partial charge on any atom is 0.273 e. The van der Waals surface area contributed by atoms with Gasteiger partial charge in [-0.3, -0.25) is 14.9 Å². The monoisotopic (exact) mass is 322 g/mol. The third kappa shape index (κ3) is 2.31. The van der Waals surface area contributed by atoms with Crippen molar-refractivity contribution in [2.45, 2.75) is 0 Å². The van der Waals surface area contributed by atoms with Crippen LogP contribution in [0, 0.1) is 0 Å². The van der Waals surface area contributed by atoms with Crippen LogP contribution in [0.15, 0.2) is 65.6 Å². The Hall–Kier alpha value is -2.92. The van der Waals surface area contributed by atoms with Gasteiger partial charge in [-0.05, 0) is 12.1 Å². The summed E-state index contributed by atoms with van der Waals surface area (Å²) in [6.07, 6.45) is 1.66. The average molecular weight is 323 g/mol. The van der Waals surface area contributed by atoms with Gasteiger partial charge >= 0.3 is 0 Å². The maximum atomic E-state index is 12.4. The zero-order valence-electron chi connectivity index (χ0n) is 11.9. The molecule has 1 N–H and O–H groups in total. The number of hydrogen-bond acceptors (Lipinski definition) is 3. The zero-order chi connectivity index (χ0) is 15.8. The molecule has 1 aromatic carbocycles. The molecule has 0 amide bonds. The molecule has 0 spiro atoms. The number of aromatic nitrogens is 4. The van der Waals surface area contributed by atoms with Crippen molar-refractivity contribution in [3.05, 3.63) is 76.2 Å². The van der Waals surface area contributed by atoms with Crippen molar-refractivity contribution in [3.63, 3.8) is 0 Å². The highest BCUT2D eigenvalue weighted by Crippen LogP contribution is 2.29. The molecule has 0 atom stereocenters. The van der Waals surface area contributed by atoms with E-state index in [0.717, 1.165) is 5.56 Å².